The molecule has 1 aromatic carbocycles. The van der Waals surface area contributed by atoms with Gasteiger partial charge in [-0.3, -0.25) is 4.79 Å². The third-order valence-electron chi connectivity index (χ3n) is 7.28. The standard InChI is InChI=1S/C28H42N2O6/c1-21-9-4-5-10-24(21)25-11-6-13-28(22(25)2,36-18-8-15-30-16-12-23(32)19-30)35-17-7-14-29-27(3,20-31)26(33)34/h4-6,9-11,13,22-23,29,31-32H,7-8,12,14-20H2,1-3H3,(H,33,34)/t22?,23-,27?,28?/m1/s1. The molecule has 3 rings (SSSR count). The molecule has 1 heterocycles. The number of aryl methyl sites for hydroxylation is 1. The topological polar surface area (TPSA) is 111 Å². The van der Waals surface area contributed by atoms with Gasteiger partial charge in [-0.25, -0.2) is 0 Å². The fourth-order valence-electron chi connectivity index (χ4n) is 4.80. The summed E-state index contributed by atoms with van der Waals surface area (Å²) in [6.45, 7) is 8.94. The Bertz CT molecular complexity index is 934. The molecular formula is C28H42N2O6. The number of β-amino-alcohol motifs (C(OH)–C–C–N with tert-alkyl or cyclic N) is 1. The highest BCUT2D eigenvalue weighted by atomic mass is 16.7. The van der Waals surface area contributed by atoms with Gasteiger partial charge in [-0.05, 0) is 62.4 Å². The van der Waals surface area contributed by atoms with E-state index in [0.29, 0.717) is 32.7 Å². The largest absolute Gasteiger partial charge is 0.480 e. The van der Waals surface area contributed by atoms with Crippen molar-refractivity contribution in [2.45, 2.75) is 57.5 Å². The van der Waals surface area contributed by atoms with Gasteiger partial charge >= 0.3 is 5.97 Å². The molecule has 0 saturated carbocycles. The maximum absolute atomic E-state index is 11.4. The SMILES string of the molecule is Cc1ccccc1C1=CC=CC(OCCCNC(C)(CO)C(=O)O)(OCCCN2CC[C@@H](O)C2)C1C. The lowest BCUT2D eigenvalue weighted by Gasteiger charge is -2.40. The summed E-state index contributed by atoms with van der Waals surface area (Å²) in [5.41, 5.74) is 2.12. The molecule has 0 aromatic heterocycles. The van der Waals surface area contributed by atoms with E-state index in [4.69, 9.17) is 9.47 Å². The highest BCUT2D eigenvalue weighted by Crippen LogP contribution is 2.40. The number of likely N-dealkylation sites (tertiary alicyclic amines) is 1. The Labute approximate surface area is 214 Å². The van der Waals surface area contributed by atoms with Gasteiger partial charge in [0.05, 0.1) is 25.9 Å². The van der Waals surface area contributed by atoms with Crippen LogP contribution in [0.15, 0.2) is 42.5 Å². The van der Waals surface area contributed by atoms with Crippen LogP contribution in [0.2, 0.25) is 0 Å². The molecule has 1 aromatic rings. The molecule has 3 unspecified atom stereocenters. The van der Waals surface area contributed by atoms with Crippen LogP contribution in [0.4, 0.5) is 0 Å². The number of nitrogens with one attached hydrogen (secondary N) is 1. The molecule has 1 aliphatic carbocycles. The Morgan fingerprint density at radius 1 is 1.25 bits per heavy atom. The van der Waals surface area contributed by atoms with Crippen molar-refractivity contribution in [3.63, 3.8) is 0 Å². The van der Waals surface area contributed by atoms with Crippen LogP contribution >= 0.6 is 0 Å². The highest BCUT2D eigenvalue weighted by molar-refractivity contribution is 5.78. The minimum atomic E-state index is -1.38. The Morgan fingerprint density at radius 2 is 1.97 bits per heavy atom. The Morgan fingerprint density at radius 3 is 2.61 bits per heavy atom. The van der Waals surface area contributed by atoms with Crippen molar-refractivity contribution in [3.8, 4) is 0 Å². The normalized spacial score (nSPS) is 26.1. The van der Waals surface area contributed by atoms with Crippen LogP contribution in [0.5, 0.6) is 0 Å². The number of ether oxygens (including phenoxy) is 2. The summed E-state index contributed by atoms with van der Waals surface area (Å²) in [6.07, 6.45) is 8.06. The molecule has 0 bridgehead atoms. The van der Waals surface area contributed by atoms with Crippen molar-refractivity contribution in [1.29, 1.82) is 0 Å². The predicted molar refractivity (Wildman–Crippen MR) is 140 cm³/mol. The number of carbonyl (C=O) groups is 1. The van der Waals surface area contributed by atoms with Gasteiger partial charge in [0.2, 0.25) is 0 Å². The molecule has 2 aliphatic rings. The number of aliphatic hydroxyl groups excluding tert-OH is 2. The number of hydrogen-bond acceptors (Lipinski definition) is 7. The predicted octanol–water partition coefficient (Wildman–Crippen LogP) is 2.59. The zero-order valence-electron chi connectivity index (χ0n) is 21.8. The number of hydrogen-bond donors (Lipinski definition) is 4. The van der Waals surface area contributed by atoms with E-state index in [1.165, 1.54) is 18.1 Å². The smallest absolute Gasteiger partial charge is 0.326 e. The summed E-state index contributed by atoms with van der Waals surface area (Å²) < 4.78 is 12.9. The van der Waals surface area contributed by atoms with Crippen LogP contribution < -0.4 is 5.32 Å². The van der Waals surface area contributed by atoms with Crippen LogP contribution in [0.3, 0.4) is 0 Å². The zero-order chi connectivity index (χ0) is 26.2. The van der Waals surface area contributed by atoms with Gasteiger partial charge in [0.1, 0.15) is 5.54 Å². The van der Waals surface area contributed by atoms with Gasteiger partial charge in [0.25, 0.3) is 0 Å². The number of nitrogens with zero attached hydrogens (tertiary/aromatic N) is 1. The Kier molecular flexibility index (Phi) is 10.2. The Hall–Kier alpha value is -2.07. The fraction of sp³-hybridized carbons (Fsp3) is 0.607. The second kappa shape index (κ2) is 12.9. The van der Waals surface area contributed by atoms with E-state index in [1.54, 1.807) is 0 Å². The van der Waals surface area contributed by atoms with Crippen LogP contribution in [-0.2, 0) is 14.3 Å². The van der Waals surface area contributed by atoms with Crippen LogP contribution in [0, 0.1) is 12.8 Å². The average Bonchev–Trinajstić information content (AvgIpc) is 3.28. The lowest BCUT2D eigenvalue weighted by atomic mass is 9.82. The number of allylic oxidation sites excluding steroid dienone is 2. The first kappa shape index (κ1) is 28.5. The van der Waals surface area contributed by atoms with Gasteiger partial charge in [0.15, 0.2) is 5.79 Å². The summed E-state index contributed by atoms with van der Waals surface area (Å²) in [4.78, 5) is 13.7. The molecule has 8 nitrogen and oxygen atoms in total. The first-order valence-electron chi connectivity index (χ1n) is 12.9. The second-order valence-electron chi connectivity index (χ2n) is 10.1. The molecule has 1 fully saturated rings. The van der Waals surface area contributed by atoms with E-state index in [-0.39, 0.29) is 12.0 Å². The number of benzene rings is 1. The number of carboxylic acids is 1. The third kappa shape index (κ3) is 7.03. The van der Waals surface area contributed by atoms with Crippen molar-refractivity contribution in [3.05, 3.63) is 53.6 Å². The number of carboxylic acid groups (broad SMARTS) is 1. The van der Waals surface area contributed by atoms with Crippen molar-refractivity contribution in [1.82, 2.24) is 10.2 Å². The minimum Gasteiger partial charge on any atom is -0.480 e. The van der Waals surface area contributed by atoms with E-state index >= 15 is 0 Å². The molecule has 1 saturated heterocycles. The molecular weight excluding hydrogens is 460 g/mol. The van der Waals surface area contributed by atoms with Crippen LogP contribution in [-0.4, -0.2) is 89.6 Å². The van der Waals surface area contributed by atoms with Gasteiger partial charge in [-0.2, -0.15) is 0 Å². The summed E-state index contributed by atoms with van der Waals surface area (Å²) in [5, 5.41) is 31.5. The fourth-order valence-corrected chi connectivity index (χ4v) is 4.80. The minimum absolute atomic E-state index is 0.0631. The van der Waals surface area contributed by atoms with Crippen LogP contribution in [0.25, 0.3) is 5.57 Å². The Balaban J connectivity index is 1.64. The number of aliphatic carboxylic acids is 1. The first-order chi connectivity index (χ1) is 17.2. The molecule has 4 N–H and O–H groups in total. The second-order valence-corrected chi connectivity index (χ2v) is 10.1. The lowest BCUT2D eigenvalue weighted by molar-refractivity contribution is -0.223. The zero-order valence-corrected chi connectivity index (χ0v) is 21.8. The number of rotatable bonds is 14. The summed E-state index contributed by atoms with van der Waals surface area (Å²) in [6, 6.07) is 8.28. The maximum Gasteiger partial charge on any atom is 0.326 e. The first-order valence-corrected chi connectivity index (χ1v) is 12.9. The molecule has 0 radical (unpaired) electrons. The summed E-state index contributed by atoms with van der Waals surface area (Å²) in [5.74, 6) is -2.09. The van der Waals surface area contributed by atoms with E-state index in [9.17, 15) is 20.1 Å². The van der Waals surface area contributed by atoms with E-state index < -0.39 is 23.9 Å². The van der Waals surface area contributed by atoms with Crippen molar-refractivity contribution in [2.75, 3.05) is 46.0 Å². The van der Waals surface area contributed by atoms with Crippen molar-refractivity contribution < 1.29 is 29.6 Å². The van der Waals surface area contributed by atoms with Gasteiger partial charge in [-0.1, -0.05) is 43.3 Å². The summed E-state index contributed by atoms with van der Waals surface area (Å²) in [7, 11) is 0. The molecule has 36 heavy (non-hydrogen) atoms. The number of aliphatic hydroxyl groups is 2. The molecule has 8 heteroatoms. The molecule has 0 spiro atoms. The van der Waals surface area contributed by atoms with Gasteiger partial charge < -0.3 is 35.0 Å². The van der Waals surface area contributed by atoms with Crippen LogP contribution in [0.1, 0.15) is 44.2 Å². The molecule has 1 aliphatic heterocycles. The molecule has 0 amide bonds. The van der Waals surface area contributed by atoms with E-state index in [2.05, 4.69) is 42.3 Å². The van der Waals surface area contributed by atoms with Crippen molar-refractivity contribution >= 4 is 11.5 Å². The molecule has 4 atom stereocenters. The summed E-state index contributed by atoms with van der Waals surface area (Å²) >= 11 is 0. The molecule has 200 valence electrons. The average molecular weight is 503 g/mol. The van der Waals surface area contributed by atoms with E-state index in [1.807, 2.05) is 24.3 Å². The van der Waals surface area contributed by atoms with E-state index in [0.717, 1.165) is 31.5 Å². The highest BCUT2D eigenvalue weighted by Gasteiger charge is 2.40. The monoisotopic (exact) mass is 502 g/mol. The third-order valence-corrected chi connectivity index (χ3v) is 7.28. The van der Waals surface area contributed by atoms with Gasteiger partial charge in [0, 0.05) is 25.6 Å². The quantitative estimate of drug-likeness (QED) is 0.227. The lowest BCUT2D eigenvalue weighted by Crippen LogP contribution is -2.53. The van der Waals surface area contributed by atoms with Gasteiger partial charge in [-0.15, -0.1) is 0 Å². The maximum atomic E-state index is 11.4. The van der Waals surface area contributed by atoms with Crippen molar-refractivity contribution in [2.24, 2.45) is 5.92 Å².